The van der Waals surface area contributed by atoms with Crippen molar-refractivity contribution in [1.29, 1.82) is 0 Å². The molecule has 1 fully saturated rings. The number of benzene rings is 1. The normalized spacial score (nSPS) is 17.1. The number of fused-ring (bicyclic) bond motifs is 1. The summed E-state index contributed by atoms with van der Waals surface area (Å²) in [7, 11) is 0. The average Bonchev–Trinajstić information content (AvgIpc) is 3.19. The molecule has 1 aliphatic heterocycles. The maximum Gasteiger partial charge on any atom is 0.186 e. The van der Waals surface area contributed by atoms with Crippen LogP contribution in [0.5, 0.6) is 0 Å². The Bertz CT molecular complexity index is 861. The van der Waals surface area contributed by atoms with Crippen molar-refractivity contribution in [2.75, 3.05) is 31.1 Å². The highest BCUT2D eigenvalue weighted by Crippen LogP contribution is 2.29. The van der Waals surface area contributed by atoms with Crippen LogP contribution >= 0.6 is 11.3 Å². The Morgan fingerprint density at radius 3 is 2.56 bits per heavy atom. The third kappa shape index (κ3) is 3.05. The molecule has 1 saturated heterocycles. The van der Waals surface area contributed by atoms with E-state index in [9.17, 15) is 4.79 Å². The van der Waals surface area contributed by atoms with Crippen LogP contribution in [0, 0.1) is 13.8 Å². The molecule has 25 heavy (non-hydrogen) atoms. The van der Waals surface area contributed by atoms with Crippen LogP contribution in [-0.4, -0.2) is 52.1 Å². The van der Waals surface area contributed by atoms with E-state index in [1.165, 1.54) is 4.70 Å². The first-order valence-electron chi connectivity index (χ1n) is 8.48. The average molecular weight is 355 g/mol. The van der Waals surface area contributed by atoms with E-state index >= 15 is 0 Å². The molecule has 130 valence electrons. The number of aldehydes is 1. The summed E-state index contributed by atoms with van der Waals surface area (Å²) in [5, 5.41) is 5.55. The number of rotatable bonds is 4. The molecule has 7 heteroatoms. The number of hydrogen-bond donors (Lipinski definition) is 0. The van der Waals surface area contributed by atoms with E-state index < -0.39 is 0 Å². The van der Waals surface area contributed by atoms with Crippen LogP contribution in [0.15, 0.2) is 30.3 Å². The third-order valence-electron chi connectivity index (χ3n) is 4.66. The van der Waals surface area contributed by atoms with Crippen molar-refractivity contribution in [2.24, 2.45) is 0 Å². The van der Waals surface area contributed by atoms with Gasteiger partial charge in [-0.15, -0.1) is 0 Å². The van der Waals surface area contributed by atoms with E-state index in [1.807, 2.05) is 36.7 Å². The molecule has 0 amide bonds. The molecule has 0 N–H and O–H groups in total. The molecule has 1 atom stereocenters. The Morgan fingerprint density at radius 2 is 1.92 bits per heavy atom. The highest BCUT2D eigenvalue weighted by molar-refractivity contribution is 7.22. The van der Waals surface area contributed by atoms with Gasteiger partial charge in [-0.1, -0.05) is 23.5 Å². The molecule has 0 radical (unpaired) electrons. The van der Waals surface area contributed by atoms with Crippen molar-refractivity contribution < 1.29 is 4.79 Å². The second kappa shape index (κ2) is 6.57. The van der Waals surface area contributed by atoms with Gasteiger partial charge in [0.05, 0.1) is 15.9 Å². The van der Waals surface area contributed by atoms with Crippen LogP contribution in [-0.2, 0) is 4.79 Å². The summed E-state index contributed by atoms with van der Waals surface area (Å²) >= 11 is 1.73. The highest BCUT2D eigenvalue weighted by atomic mass is 32.1. The fourth-order valence-electron chi connectivity index (χ4n) is 3.39. The van der Waals surface area contributed by atoms with Gasteiger partial charge in [0.2, 0.25) is 0 Å². The molecule has 2 aromatic heterocycles. The quantitative estimate of drug-likeness (QED) is 0.674. The van der Waals surface area contributed by atoms with Gasteiger partial charge in [0, 0.05) is 31.9 Å². The topological polar surface area (TPSA) is 54.3 Å². The standard InChI is InChI=1S/C18H21N5OS/c1-13-11-14(2)23(20-13)17(12-24)21-7-9-22(10-8-21)18-19-15-5-3-4-6-16(15)25-18/h3-6,11-12,17H,7-10H2,1-2H3. The second-order valence-electron chi connectivity index (χ2n) is 6.41. The predicted octanol–water partition coefficient (Wildman–Crippen LogP) is 2.63. The summed E-state index contributed by atoms with van der Waals surface area (Å²) in [6.45, 7) is 7.31. The molecular formula is C18H21N5OS. The van der Waals surface area contributed by atoms with E-state index in [0.717, 1.165) is 54.5 Å². The SMILES string of the molecule is Cc1cc(C)n(C(C=O)N2CCN(c3nc4ccccc4s3)CC2)n1. The van der Waals surface area contributed by atoms with E-state index in [2.05, 4.69) is 27.0 Å². The lowest BCUT2D eigenvalue weighted by atomic mass is 10.3. The number of carbonyl (C=O) groups excluding carboxylic acids is 1. The first-order valence-corrected chi connectivity index (χ1v) is 9.30. The Hall–Kier alpha value is -2.25. The van der Waals surface area contributed by atoms with Gasteiger partial charge in [0.25, 0.3) is 0 Å². The molecule has 1 aromatic carbocycles. The molecule has 4 rings (SSSR count). The zero-order valence-electron chi connectivity index (χ0n) is 14.4. The molecule has 0 aliphatic carbocycles. The third-order valence-corrected chi connectivity index (χ3v) is 5.76. The number of piperazine rings is 1. The molecule has 3 heterocycles. The van der Waals surface area contributed by atoms with E-state index in [-0.39, 0.29) is 6.17 Å². The molecular weight excluding hydrogens is 334 g/mol. The van der Waals surface area contributed by atoms with Gasteiger partial charge >= 0.3 is 0 Å². The zero-order valence-corrected chi connectivity index (χ0v) is 15.2. The van der Waals surface area contributed by atoms with Crippen molar-refractivity contribution in [3.63, 3.8) is 0 Å². The van der Waals surface area contributed by atoms with E-state index in [1.54, 1.807) is 11.3 Å². The van der Waals surface area contributed by atoms with Gasteiger partial charge in [-0.05, 0) is 32.0 Å². The summed E-state index contributed by atoms with van der Waals surface area (Å²) in [6, 6.07) is 10.2. The fraction of sp³-hybridized carbons (Fsp3) is 0.389. The number of aromatic nitrogens is 3. The minimum Gasteiger partial charge on any atom is -0.345 e. The largest absolute Gasteiger partial charge is 0.345 e. The molecule has 0 spiro atoms. The minimum atomic E-state index is -0.328. The Labute approximate surface area is 150 Å². The molecule has 3 aromatic rings. The lowest BCUT2D eigenvalue weighted by molar-refractivity contribution is -0.116. The first kappa shape index (κ1) is 16.2. The lowest BCUT2D eigenvalue weighted by Crippen LogP contribution is -2.49. The van der Waals surface area contributed by atoms with Crippen molar-refractivity contribution >= 4 is 33.0 Å². The number of nitrogens with zero attached hydrogens (tertiary/aromatic N) is 5. The second-order valence-corrected chi connectivity index (χ2v) is 7.42. The van der Waals surface area contributed by atoms with Gasteiger partial charge in [-0.2, -0.15) is 5.10 Å². The number of aryl methyl sites for hydroxylation is 2. The summed E-state index contributed by atoms with van der Waals surface area (Å²) in [5.41, 5.74) is 3.01. The Kier molecular flexibility index (Phi) is 4.27. The first-order chi connectivity index (χ1) is 12.2. The minimum absolute atomic E-state index is 0.328. The lowest BCUT2D eigenvalue weighted by Gasteiger charge is -2.37. The molecule has 0 saturated carbocycles. The Balaban J connectivity index is 1.48. The molecule has 1 unspecified atom stereocenters. The van der Waals surface area contributed by atoms with Crippen LogP contribution < -0.4 is 4.90 Å². The van der Waals surface area contributed by atoms with Crippen molar-refractivity contribution in [1.82, 2.24) is 19.7 Å². The maximum atomic E-state index is 11.7. The monoisotopic (exact) mass is 355 g/mol. The smallest absolute Gasteiger partial charge is 0.186 e. The van der Waals surface area contributed by atoms with E-state index in [0.29, 0.717) is 0 Å². The summed E-state index contributed by atoms with van der Waals surface area (Å²) in [5.74, 6) is 0. The zero-order chi connectivity index (χ0) is 17.4. The maximum absolute atomic E-state index is 11.7. The van der Waals surface area contributed by atoms with Crippen molar-refractivity contribution in [3.8, 4) is 0 Å². The molecule has 0 bridgehead atoms. The van der Waals surface area contributed by atoms with Crippen LogP contribution in [0.2, 0.25) is 0 Å². The number of hydrogen-bond acceptors (Lipinski definition) is 6. The van der Waals surface area contributed by atoms with Gasteiger partial charge in [-0.25, -0.2) is 9.67 Å². The highest BCUT2D eigenvalue weighted by Gasteiger charge is 2.27. The van der Waals surface area contributed by atoms with Gasteiger partial charge in [0.1, 0.15) is 0 Å². The van der Waals surface area contributed by atoms with Gasteiger partial charge in [0.15, 0.2) is 17.6 Å². The molecule has 1 aliphatic rings. The van der Waals surface area contributed by atoms with Crippen LogP contribution in [0.25, 0.3) is 10.2 Å². The number of carbonyl (C=O) groups is 1. The number of para-hydroxylation sites is 1. The van der Waals surface area contributed by atoms with Crippen molar-refractivity contribution in [2.45, 2.75) is 20.0 Å². The summed E-state index contributed by atoms with van der Waals surface area (Å²) in [4.78, 5) is 21.0. The summed E-state index contributed by atoms with van der Waals surface area (Å²) in [6.07, 6.45) is 0.665. The van der Waals surface area contributed by atoms with Crippen molar-refractivity contribution in [3.05, 3.63) is 41.7 Å². The van der Waals surface area contributed by atoms with Crippen LogP contribution in [0.1, 0.15) is 17.6 Å². The summed E-state index contributed by atoms with van der Waals surface area (Å²) < 4.78 is 3.05. The number of thiazole rings is 1. The van der Waals surface area contributed by atoms with Crippen LogP contribution in [0.3, 0.4) is 0 Å². The van der Waals surface area contributed by atoms with Gasteiger partial charge in [-0.3, -0.25) is 9.69 Å². The Morgan fingerprint density at radius 1 is 1.16 bits per heavy atom. The van der Waals surface area contributed by atoms with Crippen LogP contribution in [0.4, 0.5) is 5.13 Å². The number of anilines is 1. The predicted molar refractivity (Wildman–Crippen MR) is 100 cm³/mol. The molecule has 6 nitrogen and oxygen atoms in total. The fourth-order valence-corrected chi connectivity index (χ4v) is 4.40. The van der Waals surface area contributed by atoms with E-state index in [4.69, 9.17) is 4.98 Å². The van der Waals surface area contributed by atoms with Gasteiger partial charge < -0.3 is 4.90 Å².